The minimum atomic E-state index is -0.00336. The van der Waals surface area contributed by atoms with E-state index in [4.69, 9.17) is 5.73 Å². The zero-order valence-electron chi connectivity index (χ0n) is 12.7. The Balaban J connectivity index is 1.98. The molecule has 3 heteroatoms. The van der Waals surface area contributed by atoms with Crippen molar-refractivity contribution in [2.75, 3.05) is 13.1 Å². The van der Waals surface area contributed by atoms with E-state index < -0.39 is 0 Å². The normalized spacial score (nSPS) is 15.1. The summed E-state index contributed by atoms with van der Waals surface area (Å²) >= 11 is 0. The number of rotatable bonds is 3. The van der Waals surface area contributed by atoms with Crippen LogP contribution in [0.5, 0.6) is 0 Å². The van der Waals surface area contributed by atoms with E-state index in [1.807, 2.05) is 25.1 Å². The molecule has 0 saturated heterocycles. The molecule has 3 nitrogen and oxygen atoms in total. The van der Waals surface area contributed by atoms with Gasteiger partial charge < -0.3 is 11.1 Å². The van der Waals surface area contributed by atoms with Gasteiger partial charge in [-0.05, 0) is 43.4 Å². The van der Waals surface area contributed by atoms with Crippen LogP contribution in [0.1, 0.15) is 53.6 Å². The molecule has 0 aromatic heterocycles. The number of hydrogen-bond acceptors (Lipinski definition) is 2. The molecule has 1 aromatic rings. The van der Waals surface area contributed by atoms with Crippen molar-refractivity contribution in [2.24, 2.45) is 11.7 Å². The lowest BCUT2D eigenvalue weighted by atomic mass is 9.89. The van der Waals surface area contributed by atoms with E-state index in [0.717, 1.165) is 17.7 Å². The van der Waals surface area contributed by atoms with Crippen LogP contribution in [0.3, 0.4) is 0 Å². The summed E-state index contributed by atoms with van der Waals surface area (Å²) in [5, 5.41) is 3.06. The van der Waals surface area contributed by atoms with Crippen LogP contribution in [0.25, 0.3) is 0 Å². The molecule has 0 unspecified atom stereocenters. The summed E-state index contributed by atoms with van der Waals surface area (Å²) in [5.74, 6) is 6.50. The maximum absolute atomic E-state index is 12.2. The topological polar surface area (TPSA) is 55.1 Å². The van der Waals surface area contributed by atoms with Crippen molar-refractivity contribution in [3.05, 3.63) is 34.9 Å². The molecule has 112 valence electrons. The van der Waals surface area contributed by atoms with Gasteiger partial charge in [0.25, 0.3) is 5.91 Å². The third-order valence-electron chi connectivity index (χ3n) is 4.10. The van der Waals surface area contributed by atoms with Gasteiger partial charge in [0, 0.05) is 17.7 Å². The maximum Gasteiger partial charge on any atom is 0.251 e. The van der Waals surface area contributed by atoms with E-state index in [1.165, 1.54) is 32.1 Å². The van der Waals surface area contributed by atoms with Crippen molar-refractivity contribution in [1.82, 2.24) is 5.32 Å². The maximum atomic E-state index is 12.2. The molecule has 21 heavy (non-hydrogen) atoms. The summed E-state index contributed by atoms with van der Waals surface area (Å²) in [5.41, 5.74) is 8.03. The second-order valence-corrected chi connectivity index (χ2v) is 5.75. The number of carbonyl (C=O) groups excluding carboxylic acids is 1. The fourth-order valence-corrected chi connectivity index (χ4v) is 2.77. The molecule has 1 aromatic carbocycles. The van der Waals surface area contributed by atoms with E-state index in [9.17, 15) is 4.79 Å². The number of hydrogen-bond donors (Lipinski definition) is 2. The van der Waals surface area contributed by atoms with Crippen molar-refractivity contribution in [2.45, 2.75) is 39.0 Å². The van der Waals surface area contributed by atoms with Crippen LogP contribution in [-0.2, 0) is 0 Å². The monoisotopic (exact) mass is 284 g/mol. The predicted octanol–water partition coefficient (Wildman–Crippen LogP) is 2.62. The average molecular weight is 284 g/mol. The van der Waals surface area contributed by atoms with Gasteiger partial charge in [-0.1, -0.05) is 37.2 Å². The molecule has 1 amide bonds. The molecule has 0 spiro atoms. The number of amides is 1. The first kappa shape index (κ1) is 15.6. The van der Waals surface area contributed by atoms with Gasteiger partial charge in [0.05, 0.1) is 6.54 Å². The minimum absolute atomic E-state index is 0.00336. The van der Waals surface area contributed by atoms with Crippen molar-refractivity contribution in [3.63, 3.8) is 0 Å². The molecule has 1 aliphatic carbocycles. The highest BCUT2D eigenvalue weighted by atomic mass is 16.1. The number of carbonyl (C=O) groups is 1. The second-order valence-electron chi connectivity index (χ2n) is 5.75. The van der Waals surface area contributed by atoms with Gasteiger partial charge >= 0.3 is 0 Å². The summed E-state index contributed by atoms with van der Waals surface area (Å²) < 4.78 is 0. The summed E-state index contributed by atoms with van der Waals surface area (Å²) in [6.07, 6.45) is 6.40. The van der Waals surface area contributed by atoms with E-state index in [2.05, 4.69) is 17.2 Å². The Morgan fingerprint density at radius 1 is 1.33 bits per heavy atom. The Bertz CT molecular complexity index is 548. The van der Waals surface area contributed by atoms with Gasteiger partial charge in [0.15, 0.2) is 0 Å². The first-order valence-electron chi connectivity index (χ1n) is 7.78. The van der Waals surface area contributed by atoms with Gasteiger partial charge in [0.2, 0.25) is 0 Å². The molecule has 0 atom stereocenters. The van der Waals surface area contributed by atoms with Crippen LogP contribution < -0.4 is 11.1 Å². The van der Waals surface area contributed by atoms with Gasteiger partial charge in [0.1, 0.15) is 0 Å². The summed E-state index contributed by atoms with van der Waals surface area (Å²) in [4.78, 5) is 12.2. The molecule has 1 fully saturated rings. The number of benzene rings is 1. The van der Waals surface area contributed by atoms with Crippen molar-refractivity contribution < 1.29 is 4.79 Å². The third kappa shape index (κ3) is 4.61. The van der Waals surface area contributed by atoms with Crippen LogP contribution in [0.15, 0.2) is 18.2 Å². The quantitative estimate of drug-likeness (QED) is 0.838. The smallest absolute Gasteiger partial charge is 0.251 e. The molecule has 3 N–H and O–H groups in total. The Morgan fingerprint density at radius 3 is 2.81 bits per heavy atom. The number of nitrogens with one attached hydrogen (secondary N) is 1. The lowest BCUT2D eigenvalue weighted by Gasteiger charge is -2.21. The first-order valence-corrected chi connectivity index (χ1v) is 7.78. The third-order valence-corrected chi connectivity index (χ3v) is 4.10. The van der Waals surface area contributed by atoms with Gasteiger partial charge in [-0.2, -0.15) is 0 Å². The molecule has 2 rings (SSSR count). The number of nitrogens with two attached hydrogens (primary N) is 1. The van der Waals surface area contributed by atoms with E-state index >= 15 is 0 Å². The average Bonchev–Trinajstić information content (AvgIpc) is 2.53. The largest absolute Gasteiger partial charge is 0.352 e. The van der Waals surface area contributed by atoms with Gasteiger partial charge in [-0.15, -0.1) is 0 Å². The van der Waals surface area contributed by atoms with Gasteiger partial charge in [-0.25, -0.2) is 0 Å². The van der Waals surface area contributed by atoms with Crippen molar-refractivity contribution in [3.8, 4) is 11.8 Å². The molecular weight excluding hydrogens is 260 g/mol. The fraction of sp³-hybridized carbons (Fsp3) is 0.500. The number of aryl methyl sites for hydroxylation is 1. The molecule has 0 aliphatic heterocycles. The van der Waals surface area contributed by atoms with Crippen molar-refractivity contribution >= 4 is 5.91 Å². The lowest BCUT2D eigenvalue weighted by Crippen LogP contribution is -2.30. The van der Waals surface area contributed by atoms with Crippen LogP contribution in [0.2, 0.25) is 0 Å². The van der Waals surface area contributed by atoms with E-state index in [1.54, 1.807) is 0 Å². The highest BCUT2D eigenvalue weighted by Crippen LogP contribution is 2.22. The molecule has 1 saturated carbocycles. The summed E-state index contributed by atoms with van der Waals surface area (Å²) in [6.45, 7) is 3.11. The molecular formula is C18H24N2O. The summed E-state index contributed by atoms with van der Waals surface area (Å²) in [7, 11) is 0. The predicted molar refractivity (Wildman–Crippen MR) is 86.0 cm³/mol. The second kappa shape index (κ2) is 7.85. The minimum Gasteiger partial charge on any atom is -0.352 e. The first-order chi connectivity index (χ1) is 10.2. The Kier molecular flexibility index (Phi) is 5.83. The lowest BCUT2D eigenvalue weighted by molar-refractivity contribution is 0.0943. The van der Waals surface area contributed by atoms with Crippen LogP contribution in [0, 0.1) is 24.7 Å². The molecule has 1 aliphatic rings. The fourth-order valence-electron chi connectivity index (χ4n) is 2.77. The van der Waals surface area contributed by atoms with Gasteiger partial charge in [-0.3, -0.25) is 4.79 Å². The standard InChI is InChI=1S/C18H24N2O/c1-14-9-10-17(12-16(14)8-5-11-19)18(21)20-13-15-6-3-2-4-7-15/h9-10,12,15H,2-4,6-7,11,13,19H2,1H3,(H,20,21). The van der Waals surface area contributed by atoms with E-state index in [0.29, 0.717) is 18.0 Å². The Labute approximate surface area is 127 Å². The molecule has 0 heterocycles. The van der Waals surface area contributed by atoms with E-state index in [-0.39, 0.29) is 5.91 Å². The van der Waals surface area contributed by atoms with Crippen molar-refractivity contribution in [1.29, 1.82) is 0 Å². The highest BCUT2D eigenvalue weighted by molar-refractivity contribution is 5.94. The Morgan fingerprint density at radius 2 is 2.10 bits per heavy atom. The summed E-state index contributed by atoms with van der Waals surface area (Å²) in [6, 6.07) is 5.66. The molecule has 0 radical (unpaired) electrons. The Hall–Kier alpha value is -1.79. The zero-order chi connectivity index (χ0) is 15.1. The zero-order valence-corrected chi connectivity index (χ0v) is 12.7. The van der Waals surface area contributed by atoms with Crippen LogP contribution in [-0.4, -0.2) is 19.0 Å². The van der Waals surface area contributed by atoms with Crippen LogP contribution >= 0.6 is 0 Å². The SMILES string of the molecule is Cc1ccc(C(=O)NCC2CCCCC2)cc1C#CCN. The molecule has 0 bridgehead atoms. The highest BCUT2D eigenvalue weighted by Gasteiger charge is 2.15. The van der Waals surface area contributed by atoms with Crippen LogP contribution in [0.4, 0.5) is 0 Å².